The first-order valence-electron chi connectivity index (χ1n) is 7.93. The van der Waals surface area contributed by atoms with Gasteiger partial charge < -0.3 is 14.4 Å². The normalized spacial score (nSPS) is 14.6. The van der Waals surface area contributed by atoms with Gasteiger partial charge in [0.1, 0.15) is 13.2 Å². The van der Waals surface area contributed by atoms with E-state index in [0.29, 0.717) is 40.5 Å². The van der Waals surface area contributed by atoms with Crippen LogP contribution in [0.1, 0.15) is 5.56 Å². The number of nitrogens with zero attached hydrogens (tertiary/aromatic N) is 1. The molecule has 3 rings (SSSR count). The predicted octanol–water partition coefficient (Wildman–Crippen LogP) is 4.00. The smallest absolute Gasteiger partial charge is 0.161 e. The molecule has 134 valence electrons. The van der Waals surface area contributed by atoms with Crippen molar-refractivity contribution >= 4 is 34.0 Å². The highest BCUT2D eigenvalue weighted by Gasteiger charge is 2.14. The van der Waals surface area contributed by atoms with Crippen molar-refractivity contribution in [2.75, 3.05) is 32.6 Å². The van der Waals surface area contributed by atoms with Crippen LogP contribution < -0.4 is 9.47 Å². The van der Waals surface area contributed by atoms with E-state index >= 15 is 0 Å². The van der Waals surface area contributed by atoms with Gasteiger partial charge in [0, 0.05) is 23.9 Å². The molecule has 1 atom stereocenters. The summed E-state index contributed by atoms with van der Waals surface area (Å²) in [5, 5.41) is 1.02. The fraction of sp³-hybridized carbons (Fsp3) is 0.333. The van der Waals surface area contributed by atoms with E-state index in [0.717, 1.165) is 23.6 Å². The van der Waals surface area contributed by atoms with Gasteiger partial charge in [-0.25, -0.2) is 0 Å². The van der Waals surface area contributed by atoms with E-state index < -0.39 is 10.8 Å². The second kappa shape index (κ2) is 8.41. The summed E-state index contributed by atoms with van der Waals surface area (Å²) in [5.41, 5.74) is 1.12. The van der Waals surface area contributed by atoms with Gasteiger partial charge in [0.05, 0.1) is 20.7 Å². The van der Waals surface area contributed by atoms with E-state index in [4.69, 9.17) is 32.7 Å². The maximum atomic E-state index is 12.5. The van der Waals surface area contributed by atoms with Crippen LogP contribution in [0.15, 0.2) is 41.3 Å². The molecule has 0 spiro atoms. The Morgan fingerprint density at radius 3 is 2.64 bits per heavy atom. The molecule has 0 amide bonds. The Labute approximate surface area is 160 Å². The lowest BCUT2D eigenvalue weighted by Gasteiger charge is -2.21. The molecule has 0 N–H and O–H groups in total. The molecule has 1 heterocycles. The van der Waals surface area contributed by atoms with Crippen molar-refractivity contribution in [3.05, 3.63) is 52.0 Å². The highest BCUT2D eigenvalue weighted by molar-refractivity contribution is 7.85. The molecule has 25 heavy (non-hydrogen) atoms. The van der Waals surface area contributed by atoms with Crippen LogP contribution >= 0.6 is 23.2 Å². The van der Waals surface area contributed by atoms with Gasteiger partial charge in [-0.2, -0.15) is 0 Å². The molecule has 0 bridgehead atoms. The number of ether oxygens (including phenoxy) is 2. The van der Waals surface area contributed by atoms with E-state index in [9.17, 15) is 4.21 Å². The van der Waals surface area contributed by atoms with E-state index in [1.807, 2.05) is 25.2 Å². The first kappa shape index (κ1) is 18.5. The number of halogens is 2. The van der Waals surface area contributed by atoms with Gasteiger partial charge in [0.15, 0.2) is 11.5 Å². The van der Waals surface area contributed by atoms with E-state index in [-0.39, 0.29) is 0 Å². The average molecular weight is 400 g/mol. The summed E-state index contributed by atoms with van der Waals surface area (Å²) in [6, 6.07) is 11.0. The maximum Gasteiger partial charge on any atom is 0.161 e. The van der Waals surface area contributed by atoms with Crippen molar-refractivity contribution in [3.63, 3.8) is 0 Å². The van der Waals surface area contributed by atoms with Crippen molar-refractivity contribution in [3.8, 4) is 11.5 Å². The van der Waals surface area contributed by atoms with Gasteiger partial charge in [-0.05, 0) is 42.9 Å². The van der Waals surface area contributed by atoms with Gasteiger partial charge >= 0.3 is 0 Å². The molecule has 0 fully saturated rings. The van der Waals surface area contributed by atoms with Crippen LogP contribution in [0.4, 0.5) is 0 Å². The summed E-state index contributed by atoms with van der Waals surface area (Å²) < 4.78 is 23.6. The van der Waals surface area contributed by atoms with Gasteiger partial charge in [-0.15, -0.1) is 0 Å². The van der Waals surface area contributed by atoms with Crippen LogP contribution in [0.5, 0.6) is 11.5 Å². The number of fused-ring (bicyclic) bond motifs is 1. The van der Waals surface area contributed by atoms with E-state index in [1.165, 1.54) is 0 Å². The second-order valence-corrected chi connectivity index (χ2v) is 8.22. The van der Waals surface area contributed by atoms with Gasteiger partial charge in [-0.1, -0.05) is 29.3 Å². The Hall–Kier alpha value is -1.27. The van der Waals surface area contributed by atoms with Gasteiger partial charge in [0.2, 0.25) is 0 Å². The Kier molecular flexibility index (Phi) is 6.23. The number of hydrogen-bond acceptors (Lipinski definition) is 4. The molecule has 2 aromatic carbocycles. The van der Waals surface area contributed by atoms with Crippen molar-refractivity contribution in [2.45, 2.75) is 11.4 Å². The Balaban J connectivity index is 1.56. The molecule has 0 radical (unpaired) electrons. The fourth-order valence-corrected chi connectivity index (χ4v) is 4.43. The molecule has 0 unspecified atom stereocenters. The standard InChI is InChI=1S/C18H19Cl2NO3S/c1-21(6-9-25(22)18-11-14(19)3-4-15(18)20)12-13-2-5-16-17(10-13)24-8-7-23-16/h2-5,10-11H,6-9,12H2,1H3/t25-/m0/s1. The van der Waals surface area contributed by atoms with Crippen LogP contribution in [0, 0.1) is 0 Å². The van der Waals surface area contributed by atoms with Crippen LogP contribution in [0.2, 0.25) is 10.0 Å². The Morgan fingerprint density at radius 2 is 1.84 bits per heavy atom. The topological polar surface area (TPSA) is 38.8 Å². The first-order chi connectivity index (χ1) is 12.0. The number of benzene rings is 2. The third-order valence-corrected chi connectivity index (χ3v) is 5.91. The van der Waals surface area contributed by atoms with Crippen molar-refractivity contribution < 1.29 is 13.7 Å². The summed E-state index contributed by atoms with van der Waals surface area (Å²) >= 11 is 12.1. The lowest BCUT2D eigenvalue weighted by Crippen LogP contribution is -2.23. The third kappa shape index (κ3) is 4.88. The Morgan fingerprint density at radius 1 is 1.08 bits per heavy atom. The lowest BCUT2D eigenvalue weighted by atomic mass is 10.2. The highest BCUT2D eigenvalue weighted by Crippen LogP contribution is 2.31. The predicted molar refractivity (Wildman–Crippen MR) is 102 cm³/mol. The van der Waals surface area contributed by atoms with Crippen molar-refractivity contribution in [1.82, 2.24) is 4.90 Å². The Bertz CT molecular complexity index is 785. The molecular weight excluding hydrogens is 381 g/mol. The summed E-state index contributed by atoms with van der Waals surface area (Å²) in [6.07, 6.45) is 0. The minimum absolute atomic E-state index is 0.484. The molecule has 4 nitrogen and oxygen atoms in total. The zero-order valence-corrected chi connectivity index (χ0v) is 16.2. The molecule has 0 aliphatic carbocycles. The van der Waals surface area contributed by atoms with Crippen molar-refractivity contribution in [2.24, 2.45) is 0 Å². The van der Waals surface area contributed by atoms with Gasteiger partial charge in [-0.3, -0.25) is 4.21 Å². The van der Waals surface area contributed by atoms with Crippen LogP contribution in [0.3, 0.4) is 0 Å². The summed E-state index contributed by atoms with van der Waals surface area (Å²) in [6.45, 7) is 2.57. The molecule has 0 saturated carbocycles. The lowest BCUT2D eigenvalue weighted by molar-refractivity contribution is 0.171. The van der Waals surface area contributed by atoms with Crippen molar-refractivity contribution in [1.29, 1.82) is 0 Å². The molecule has 7 heteroatoms. The molecule has 0 saturated heterocycles. The number of hydrogen-bond donors (Lipinski definition) is 0. The monoisotopic (exact) mass is 399 g/mol. The molecule has 2 aromatic rings. The minimum Gasteiger partial charge on any atom is -0.486 e. The molecule has 0 aromatic heterocycles. The minimum atomic E-state index is -1.19. The van der Waals surface area contributed by atoms with E-state index in [2.05, 4.69) is 4.90 Å². The average Bonchev–Trinajstić information content (AvgIpc) is 2.61. The number of rotatable bonds is 6. The summed E-state index contributed by atoms with van der Waals surface area (Å²) in [5.74, 6) is 2.06. The highest BCUT2D eigenvalue weighted by atomic mass is 35.5. The summed E-state index contributed by atoms with van der Waals surface area (Å²) in [7, 11) is 0.805. The largest absolute Gasteiger partial charge is 0.486 e. The zero-order valence-electron chi connectivity index (χ0n) is 13.8. The first-order valence-corrected chi connectivity index (χ1v) is 10.0. The molecular formula is C18H19Cl2NO3S. The van der Waals surface area contributed by atoms with Gasteiger partial charge in [0.25, 0.3) is 0 Å². The second-order valence-electron chi connectivity index (χ2n) is 5.84. The molecule has 1 aliphatic rings. The van der Waals surface area contributed by atoms with Crippen LogP contribution in [-0.2, 0) is 17.3 Å². The SMILES string of the molecule is CN(CC[S@](=O)c1cc(Cl)ccc1Cl)Cc1ccc2c(c1)OCCO2. The summed E-state index contributed by atoms with van der Waals surface area (Å²) in [4.78, 5) is 2.70. The zero-order chi connectivity index (χ0) is 17.8. The fourth-order valence-electron chi connectivity index (χ4n) is 2.58. The van der Waals surface area contributed by atoms with Crippen LogP contribution in [0.25, 0.3) is 0 Å². The van der Waals surface area contributed by atoms with Crippen LogP contribution in [-0.4, -0.2) is 41.7 Å². The quantitative estimate of drug-likeness (QED) is 0.735. The third-order valence-electron chi connectivity index (χ3n) is 3.86. The maximum absolute atomic E-state index is 12.5. The molecule has 1 aliphatic heterocycles. The van der Waals surface area contributed by atoms with E-state index in [1.54, 1.807) is 18.2 Å².